The molecule has 1 aromatic rings. The van der Waals surface area contributed by atoms with Gasteiger partial charge in [-0.3, -0.25) is 10.1 Å². The van der Waals surface area contributed by atoms with Gasteiger partial charge in [-0.1, -0.05) is 0 Å². The summed E-state index contributed by atoms with van der Waals surface area (Å²) in [5, 5.41) is 10.5. The van der Waals surface area contributed by atoms with Crippen molar-refractivity contribution >= 4 is 5.88 Å². The van der Waals surface area contributed by atoms with Gasteiger partial charge in [0.2, 0.25) is 6.29 Å². The minimum atomic E-state index is -0.646. The molecule has 0 amide bonds. The van der Waals surface area contributed by atoms with Gasteiger partial charge >= 0.3 is 5.88 Å². The lowest BCUT2D eigenvalue weighted by Crippen LogP contribution is -2.30. The van der Waals surface area contributed by atoms with E-state index >= 15 is 0 Å². The van der Waals surface area contributed by atoms with Gasteiger partial charge in [0.15, 0.2) is 5.76 Å². The topological polar surface area (TPSA) is 74.7 Å². The van der Waals surface area contributed by atoms with Crippen LogP contribution in [0.3, 0.4) is 0 Å². The van der Waals surface area contributed by atoms with Crippen molar-refractivity contribution in [2.24, 2.45) is 0 Å². The Balaban J connectivity index is 2.13. The Hall–Kier alpha value is -1.40. The number of nitrogens with zero attached hydrogens (tertiary/aromatic N) is 1. The number of hydrogen-bond acceptors (Lipinski definition) is 5. The van der Waals surface area contributed by atoms with E-state index in [0.717, 1.165) is 6.42 Å². The molecule has 0 N–H and O–H groups in total. The average Bonchev–Trinajstić information content (AvgIpc) is 2.64. The Morgan fingerprint density at radius 2 is 1.94 bits per heavy atom. The first-order valence-electron chi connectivity index (χ1n) is 5.11. The number of nitro groups is 1. The summed E-state index contributed by atoms with van der Waals surface area (Å²) in [4.78, 5) is 9.87. The highest BCUT2D eigenvalue weighted by atomic mass is 16.7. The molecule has 1 aliphatic rings. The van der Waals surface area contributed by atoms with Crippen LogP contribution in [0.5, 0.6) is 0 Å². The van der Waals surface area contributed by atoms with E-state index in [9.17, 15) is 10.1 Å². The fourth-order valence-electron chi connectivity index (χ4n) is 1.73. The van der Waals surface area contributed by atoms with Gasteiger partial charge in [-0.05, 0) is 26.3 Å². The quantitative estimate of drug-likeness (QED) is 0.572. The van der Waals surface area contributed by atoms with Crippen molar-refractivity contribution < 1.29 is 18.8 Å². The molecule has 6 heteroatoms. The minimum Gasteiger partial charge on any atom is -0.400 e. The Labute approximate surface area is 92.3 Å². The van der Waals surface area contributed by atoms with Crippen molar-refractivity contribution in [3.8, 4) is 0 Å². The molecule has 0 aromatic carbocycles. The monoisotopic (exact) mass is 227 g/mol. The number of hydrogen-bond donors (Lipinski definition) is 0. The van der Waals surface area contributed by atoms with Crippen LogP contribution in [0.4, 0.5) is 5.88 Å². The van der Waals surface area contributed by atoms with Crippen molar-refractivity contribution in [3.63, 3.8) is 0 Å². The van der Waals surface area contributed by atoms with E-state index in [1.54, 1.807) is 0 Å². The Morgan fingerprint density at radius 1 is 1.31 bits per heavy atom. The summed E-state index contributed by atoms with van der Waals surface area (Å²) in [6.07, 6.45) is 0.266. The van der Waals surface area contributed by atoms with Crippen molar-refractivity contribution in [1.82, 2.24) is 0 Å². The Kier molecular flexibility index (Phi) is 2.93. The summed E-state index contributed by atoms with van der Waals surface area (Å²) >= 11 is 0. The van der Waals surface area contributed by atoms with E-state index < -0.39 is 11.2 Å². The van der Waals surface area contributed by atoms with Crippen molar-refractivity contribution in [3.05, 3.63) is 28.0 Å². The second kappa shape index (κ2) is 4.23. The largest absolute Gasteiger partial charge is 0.433 e. The van der Waals surface area contributed by atoms with Gasteiger partial charge in [0.25, 0.3) is 0 Å². The van der Waals surface area contributed by atoms with Gasteiger partial charge in [0.05, 0.1) is 18.3 Å². The number of furan rings is 1. The Bertz CT molecular complexity index is 378. The number of ether oxygens (including phenoxy) is 2. The molecule has 2 unspecified atom stereocenters. The smallest absolute Gasteiger partial charge is 0.400 e. The first kappa shape index (κ1) is 11.1. The predicted octanol–water partition coefficient (Wildman–Crippen LogP) is 2.40. The molecule has 0 radical (unpaired) electrons. The van der Waals surface area contributed by atoms with Gasteiger partial charge in [-0.15, -0.1) is 0 Å². The first-order valence-corrected chi connectivity index (χ1v) is 5.11. The summed E-state index contributed by atoms with van der Waals surface area (Å²) in [5.41, 5.74) is 0. The van der Waals surface area contributed by atoms with Crippen LogP contribution in [0.25, 0.3) is 0 Å². The first-order chi connectivity index (χ1) is 7.56. The highest BCUT2D eigenvalue weighted by Crippen LogP contribution is 2.31. The zero-order valence-corrected chi connectivity index (χ0v) is 9.08. The van der Waals surface area contributed by atoms with Crippen molar-refractivity contribution in [2.45, 2.75) is 38.8 Å². The lowest BCUT2D eigenvalue weighted by atomic mass is 10.2. The summed E-state index contributed by atoms with van der Waals surface area (Å²) in [7, 11) is 0. The van der Waals surface area contributed by atoms with Crippen LogP contribution in [0.1, 0.15) is 32.3 Å². The third-order valence-corrected chi connectivity index (χ3v) is 2.40. The van der Waals surface area contributed by atoms with Crippen LogP contribution in [-0.2, 0) is 9.47 Å². The van der Waals surface area contributed by atoms with E-state index in [1.807, 2.05) is 13.8 Å². The van der Waals surface area contributed by atoms with Gasteiger partial charge in [-0.25, -0.2) is 0 Å². The molecule has 16 heavy (non-hydrogen) atoms. The third-order valence-electron chi connectivity index (χ3n) is 2.40. The van der Waals surface area contributed by atoms with Crippen LogP contribution in [-0.4, -0.2) is 17.1 Å². The lowest BCUT2D eigenvalue weighted by Gasteiger charge is -2.31. The Morgan fingerprint density at radius 3 is 2.44 bits per heavy atom. The maximum Gasteiger partial charge on any atom is 0.433 e. The normalized spacial score (nSPS) is 30.2. The van der Waals surface area contributed by atoms with Crippen molar-refractivity contribution in [2.75, 3.05) is 0 Å². The van der Waals surface area contributed by atoms with Crippen molar-refractivity contribution in [1.29, 1.82) is 0 Å². The van der Waals surface area contributed by atoms with E-state index in [2.05, 4.69) is 0 Å². The van der Waals surface area contributed by atoms with Gasteiger partial charge in [0.1, 0.15) is 4.92 Å². The molecule has 2 atom stereocenters. The SMILES string of the molecule is CC1CC(C)OC(c2ccc([N+](=O)[O-])o2)O1. The fraction of sp³-hybridized carbons (Fsp3) is 0.600. The maximum atomic E-state index is 10.5. The van der Waals surface area contributed by atoms with Gasteiger partial charge in [0, 0.05) is 0 Å². The highest BCUT2D eigenvalue weighted by molar-refractivity contribution is 5.18. The van der Waals surface area contributed by atoms with Crippen LogP contribution in [0.2, 0.25) is 0 Å². The second-order valence-electron chi connectivity index (χ2n) is 3.89. The molecule has 0 bridgehead atoms. The van der Waals surface area contributed by atoms with E-state index in [0.29, 0.717) is 5.76 Å². The lowest BCUT2D eigenvalue weighted by molar-refractivity contribution is -0.403. The summed E-state index contributed by atoms with van der Waals surface area (Å²) in [6, 6.07) is 2.81. The van der Waals surface area contributed by atoms with E-state index in [4.69, 9.17) is 13.9 Å². The molecule has 1 fully saturated rings. The van der Waals surface area contributed by atoms with E-state index in [-0.39, 0.29) is 18.1 Å². The molecule has 0 aliphatic carbocycles. The predicted molar refractivity (Wildman–Crippen MR) is 53.8 cm³/mol. The average molecular weight is 227 g/mol. The molecule has 1 saturated heterocycles. The fourth-order valence-corrected chi connectivity index (χ4v) is 1.73. The molecule has 2 rings (SSSR count). The zero-order chi connectivity index (χ0) is 11.7. The van der Waals surface area contributed by atoms with Crippen LogP contribution < -0.4 is 0 Å². The minimum absolute atomic E-state index is 0.0536. The third kappa shape index (κ3) is 2.23. The summed E-state index contributed by atoms with van der Waals surface area (Å²) < 4.78 is 16.0. The zero-order valence-electron chi connectivity index (χ0n) is 9.08. The molecule has 0 saturated carbocycles. The van der Waals surface area contributed by atoms with Gasteiger partial charge in [-0.2, -0.15) is 0 Å². The molecule has 1 aliphatic heterocycles. The number of rotatable bonds is 2. The molecule has 2 heterocycles. The highest BCUT2D eigenvalue weighted by Gasteiger charge is 2.29. The van der Waals surface area contributed by atoms with Crippen LogP contribution in [0, 0.1) is 10.1 Å². The molecule has 1 aromatic heterocycles. The standard InChI is InChI=1S/C10H13NO5/c1-6-5-7(2)15-10(14-6)8-3-4-9(16-8)11(12)13/h3-4,6-7,10H,5H2,1-2H3. The molecule has 0 spiro atoms. The van der Waals surface area contributed by atoms with Gasteiger partial charge < -0.3 is 13.9 Å². The van der Waals surface area contributed by atoms with Crippen LogP contribution >= 0.6 is 0 Å². The summed E-state index contributed by atoms with van der Waals surface area (Å²) in [6.45, 7) is 3.87. The second-order valence-corrected chi connectivity index (χ2v) is 3.89. The molecule has 6 nitrogen and oxygen atoms in total. The summed E-state index contributed by atoms with van der Waals surface area (Å²) in [5.74, 6) is 0.0400. The molecular formula is C10H13NO5. The molecule has 88 valence electrons. The molecular weight excluding hydrogens is 214 g/mol. The van der Waals surface area contributed by atoms with E-state index in [1.165, 1.54) is 12.1 Å². The maximum absolute atomic E-state index is 10.5. The van der Waals surface area contributed by atoms with Crippen LogP contribution in [0.15, 0.2) is 16.5 Å².